The molecule has 1 unspecified atom stereocenters. The van der Waals surface area contributed by atoms with E-state index in [1.165, 1.54) is 13.2 Å². The van der Waals surface area contributed by atoms with Crippen molar-refractivity contribution in [2.75, 3.05) is 7.11 Å². The molecule has 76 valence electrons. The smallest absolute Gasteiger partial charge is 0.325 e. The summed E-state index contributed by atoms with van der Waals surface area (Å²) in [4.78, 5) is 10.6. The van der Waals surface area contributed by atoms with Gasteiger partial charge in [0.15, 0.2) is 0 Å². The number of methoxy groups -OCH3 is 1. The van der Waals surface area contributed by atoms with E-state index in [-0.39, 0.29) is 0 Å². The predicted molar refractivity (Wildman–Crippen MR) is 52.6 cm³/mol. The lowest BCUT2D eigenvalue weighted by Gasteiger charge is -2.09. The molecule has 3 N–H and O–H groups in total. The number of carbonyl (C=O) groups is 1. The zero-order valence-electron chi connectivity index (χ0n) is 7.53. The van der Waals surface area contributed by atoms with Crippen molar-refractivity contribution in [1.29, 1.82) is 0 Å². The summed E-state index contributed by atoms with van der Waals surface area (Å²) in [6, 6.07) is 3.55. The van der Waals surface area contributed by atoms with E-state index in [2.05, 4.69) is 0 Å². The Morgan fingerprint density at radius 3 is 2.71 bits per heavy atom. The molecule has 1 aromatic carbocycles. The molecule has 0 heterocycles. The first kappa shape index (κ1) is 10.8. The van der Waals surface area contributed by atoms with Crippen molar-refractivity contribution < 1.29 is 14.6 Å². The van der Waals surface area contributed by atoms with Gasteiger partial charge in [-0.05, 0) is 23.8 Å². The van der Waals surface area contributed by atoms with Crippen molar-refractivity contribution in [2.24, 2.45) is 5.73 Å². The first-order valence-corrected chi connectivity index (χ1v) is 4.25. The van der Waals surface area contributed by atoms with Gasteiger partial charge in [-0.25, -0.2) is 0 Å². The number of hydrogen-bond acceptors (Lipinski definition) is 3. The zero-order chi connectivity index (χ0) is 10.7. The van der Waals surface area contributed by atoms with Gasteiger partial charge in [-0.1, -0.05) is 11.6 Å². The third kappa shape index (κ3) is 2.37. The Balaban J connectivity index is 3.08. The lowest BCUT2D eigenvalue weighted by atomic mass is 10.1. The Morgan fingerprint density at radius 1 is 1.57 bits per heavy atom. The number of carboxylic acids is 1. The minimum Gasteiger partial charge on any atom is -0.497 e. The fraction of sp³-hybridized carbons (Fsp3) is 0.222. The molecule has 0 aromatic heterocycles. The van der Waals surface area contributed by atoms with Crippen LogP contribution in [0, 0.1) is 0 Å². The molecule has 0 saturated carbocycles. The molecule has 1 atom stereocenters. The molecule has 0 amide bonds. The molecule has 0 spiro atoms. The SMILES string of the molecule is COc1cc(Cl)cc(C(N)C(=O)O)c1. The maximum absolute atomic E-state index is 10.6. The minimum atomic E-state index is -1.10. The second-order valence-corrected chi connectivity index (χ2v) is 3.18. The van der Waals surface area contributed by atoms with Crippen LogP contribution in [0.3, 0.4) is 0 Å². The summed E-state index contributed by atoms with van der Waals surface area (Å²) in [5.74, 6) is -0.612. The second-order valence-electron chi connectivity index (χ2n) is 2.74. The van der Waals surface area contributed by atoms with Gasteiger partial charge in [0, 0.05) is 5.02 Å². The van der Waals surface area contributed by atoms with Gasteiger partial charge in [0.05, 0.1) is 7.11 Å². The molecule has 0 bridgehead atoms. The molecule has 0 saturated heterocycles. The first-order chi connectivity index (χ1) is 6.54. The topological polar surface area (TPSA) is 72.5 Å². The summed E-state index contributed by atoms with van der Waals surface area (Å²) in [6.45, 7) is 0. The molecule has 0 radical (unpaired) electrons. The summed E-state index contributed by atoms with van der Waals surface area (Å²) in [6.07, 6.45) is 0. The number of aliphatic carboxylic acids is 1. The van der Waals surface area contributed by atoms with E-state index in [1.807, 2.05) is 0 Å². The average molecular weight is 216 g/mol. The van der Waals surface area contributed by atoms with Gasteiger partial charge in [0.2, 0.25) is 0 Å². The summed E-state index contributed by atoms with van der Waals surface area (Å²) in [7, 11) is 1.47. The third-order valence-electron chi connectivity index (χ3n) is 1.75. The van der Waals surface area contributed by atoms with Crippen LogP contribution in [0.5, 0.6) is 5.75 Å². The second kappa shape index (κ2) is 4.30. The minimum absolute atomic E-state index is 0.399. The molecule has 0 aliphatic heterocycles. The van der Waals surface area contributed by atoms with Crippen LogP contribution in [0.1, 0.15) is 11.6 Å². The van der Waals surface area contributed by atoms with Crippen LogP contribution in [0.4, 0.5) is 0 Å². The number of hydrogen-bond donors (Lipinski definition) is 2. The Kier molecular flexibility index (Phi) is 3.33. The monoisotopic (exact) mass is 215 g/mol. The Hall–Kier alpha value is -1.26. The number of ether oxygens (including phenoxy) is 1. The highest BCUT2D eigenvalue weighted by Gasteiger charge is 2.15. The fourth-order valence-corrected chi connectivity index (χ4v) is 1.26. The summed E-state index contributed by atoms with van der Waals surface area (Å²) in [5.41, 5.74) is 5.83. The zero-order valence-corrected chi connectivity index (χ0v) is 8.28. The molecule has 0 aliphatic rings. The Labute approximate surface area is 86.2 Å². The summed E-state index contributed by atoms with van der Waals surface area (Å²) < 4.78 is 4.93. The summed E-state index contributed by atoms with van der Waals surface area (Å²) >= 11 is 5.75. The van der Waals surface area contributed by atoms with Crippen LogP contribution in [0.15, 0.2) is 18.2 Å². The number of nitrogens with two attached hydrogens (primary N) is 1. The highest BCUT2D eigenvalue weighted by molar-refractivity contribution is 6.30. The van der Waals surface area contributed by atoms with Crippen LogP contribution in [-0.2, 0) is 4.79 Å². The van der Waals surface area contributed by atoms with Gasteiger partial charge in [-0.2, -0.15) is 0 Å². The maximum Gasteiger partial charge on any atom is 0.325 e. The number of benzene rings is 1. The van der Waals surface area contributed by atoms with E-state index in [0.717, 1.165) is 0 Å². The van der Waals surface area contributed by atoms with Crippen molar-refractivity contribution in [2.45, 2.75) is 6.04 Å². The van der Waals surface area contributed by atoms with E-state index in [1.54, 1.807) is 12.1 Å². The van der Waals surface area contributed by atoms with Crippen molar-refractivity contribution in [1.82, 2.24) is 0 Å². The predicted octanol–water partition coefficient (Wildman–Crippen LogP) is 1.43. The molecule has 0 aliphatic carbocycles. The van der Waals surface area contributed by atoms with Gasteiger partial charge >= 0.3 is 5.97 Å². The Morgan fingerprint density at radius 2 is 2.21 bits per heavy atom. The van der Waals surface area contributed by atoms with Crippen molar-refractivity contribution in [3.63, 3.8) is 0 Å². The van der Waals surface area contributed by atoms with Crippen LogP contribution < -0.4 is 10.5 Å². The first-order valence-electron chi connectivity index (χ1n) is 3.87. The molecular formula is C9H10ClNO3. The van der Waals surface area contributed by atoms with Crippen LogP contribution >= 0.6 is 11.6 Å². The molecular weight excluding hydrogens is 206 g/mol. The number of halogens is 1. The standard InChI is InChI=1S/C9H10ClNO3/c1-14-7-3-5(2-6(10)4-7)8(11)9(12)13/h2-4,8H,11H2,1H3,(H,12,13). The molecule has 4 nitrogen and oxygen atoms in total. The van der Waals surface area contributed by atoms with Gasteiger partial charge < -0.3 is 15.6 Å². The largest absolute Gasteiger partial charge is 0.497 e. The van der Waals surface area contributed by atoms with Crippen molar-refractivity contribution >= 4 is 17.6 Å². The van der Waals surface area contributed by atoms with Gasteiger partial charge in [-0.3, -0.25) is 4.79 Å². The van der Waals surface area contributed by atoms with E-state index in [4.69, 9.17) is 27.2 Å². The normalized spacial score (nSPS) is 12.2. The van der Waals surface area contributed by atoms with Crippen molar-refractivity contribution in [3.05, 3.63) is 28.8 Å². The lowest BCUT2D eigenvalue weighted by Crippen LogP contribution is -2.20. The number of carboxylic acid groups (broad SMARTS) is 1. The fourth-order valence-electron chi connectivity index (χ4n) is 1.02. The number of rotatable bonds is 3. The van der Waals surface area contributed by atoms with Crippen LogP contribution in [0.25, 0.3) is 0 Å². The van der Waals surface area contributed by atoms with E-state index in [9.17, 15) is 4.79 Å². The molecule has 5 heteroatoms. The highest BCUT2D eigenvalue weighted by atomic mass is 35.5. The van der Waals surface area contributed by atoms with E-state index < -0.39 is 12.0 Å². The lowest BCUT2D eigenvalue weighted by molar-refractivity contribution is -0.138. The molecule has 14 heavy (non-hydrogen) atoms. The van der Waals surface area contributed by atoms with Crippen molar-refractivity contribution in [3.8, 4) is 5.75 Å². The maximum atomic E-state index is 10.6. The van der Waals surface area contributed by atoms with Crippen LogP contribution in [0.2, 0.25) is 5.02 Å². The van der Waals surface area contributed by atoms with E-state index >= 15 is 0 Å². The van der Waals surface area contributed by atoms with Crippen LogP contribution in [-0.4, -0.2) is 18.2 Å². The third-order valence-corrected chi connectivity index (χ3v) is 1.97. The molecule has 1 aromatic rings. The quantitative estimate of drug-likeness (QED) is 0.800. The molecule has 0 fully saturated rings. The van der Waals surface area contributed by atoms with Gasteiger partial charge in [0.25, 0.3) is 0 Å². The van der Waals surface area contributed by atoms with Gasteiger partial charge in [0.1, 0.15) is 11.8 Å². The molecule has 1 rings (SSSR count). The highest BCUT2D eigenvalue weighted by Crippen LogP contribution is 2.23. The van der Waals surface area contributed by atoms with E-state index in [0.29, 0.717) is 16.3 Å². The Bertz CT molecular complexity index is 354. The average Bonchev–Trinajstić information content (AvgIpc) is 2.15. The van der Waals surface area contributed by atoms with Gasteiger partial charge in [-0.15, -0.1) is 0 Å². The summed E-state index contributed by atoms with van der Waals surface area (Å²) in [5, 5.41) is 9.08.